The van der Waals surface area contributed by atoms with Crippen LogP contribution in [0, 0.1) is 5.41 Å². The van der Waals surface area contributed by atoms with E-state index in [0.29, 0.717) is 0 Å². The van der Waals surface area contributed by atoms with Gasteiger partial charge in [0.05, 0.1) is 12.8 Å². The molecule has 0 bridgehead atoms. The fraction of sp³-hybridized carbons (Fsp3) is 0.500. The number of aromatic nitrogens is 2. The van der Waals surface area contributed by atoms with Crippen LogP contribution < -0.4 is 9.64 Å². The smallest absolute Gasteiger partial charge is 0.128 e. The molecule has 4 rings (SSSR count). The molecule has 5 nitrogen and oxygen atoms in total. The van der Waals surface area contributed by atoms with E-state index < -0.39 is 0 Å². The van der Waals surface area contributed by atoms with Crippen molar-refractivity contribution in [2.45, 2.75) is 46.0 Å². The van der Waals surface area contributed by atoms with E-state index >= 15 is 0 Å². The van der Waals surface area contributed by atoms with Crippen LogP contribution >= 0.6 is 0 Å². The summed E-state index contributed by atoms with van der Waals surface area (Å²) < 4.78 is 5.53. The Labute approximate surface area is 198 Å². The molecule has 0 radical (unpaired) electrons. The Balaban J connectivity index is 1.67. The molecule has 1 aliphatic heterocycles. The number of rotatable bonds is 8. The van der Waals surface area contributed by atoms with E-state index in [0.717, 1.165) is 55.3 Å². The van der Waals surface area contributed by atoms with Crippen LogP contribution in [-0.4, -0.2) is 55.7 Å². The van der Waals surface area contributed by atoms with Crippen LogP contribution in [0.25, 0.3) is 22.0 Å². The van der Waals surface area contributed by atoms with E-state index in [9.17, 15) is 0 Å². The van der Waals surface area contributed by atoms with Crippen LogP contribution in [0.5, 0.6) is 5.75 Å². The zero-order valence-electron chi connectivity index (χ0n) is 20.9. The largest absolute Gasteiger partial charge is 0.497 e. The number of piperidine rings is 1. The van der Waals surface area contributed by atoms with Crippen LogP contribution in [0.15, 0.2) is 42.6 Å². The lowest BCUT2D eigenvalue weighted by Crippen LogP contribution is -2.29. The van der Waals surface area contributed by atoms with Crippen molar-refractivity contribution in [3.63, 3.8) is 0 Å². The van der Waals surface area contributed by atoms with Gasteiger partial charge in [0.1, 0.15) is 11.6 Å². The minimum Gasteiger partial charge on any atom is -0.497 e. The second-order valence-corrected chi connectivity index (χ2v) is 10.4. The van der Waals surface area contributed by atoms with E-state index in [1.54, 1.807) is 7.11 Å². The summed E-state index contributed by atoms with van der Waals surface area (Å²) in [6, 6.07) is 13.0. The summed E-state index contributed by atoms with van der Waals surface area (Å²) in [5.74, 6) is 1.83. The number of benzene rings is 2. The van der Waals surface area contributed by atoms with Gasteiger partial charge in [-0.1, -0.05) is 19.9 Å². The number of methoxy groups -OCH3 is 1. The van der Waals surface area contributed by atoms with E-state index in [1.807, 2.05) is 18.3 Å². The Morgan fingerprint density at radius 1 is 1.03 bits per heavy atom. The monoisotopic (exact) mass is 446 g/mol. The molecule has 0 aliphatic carbocycles. The number of fused-ring (bicyclic) bond motifs is 1. The topological polar surface area (TPSA) is 41.5 Å². The van der Waals surface area contributed by atoms with Crippen molar-refractivity contribution in [1.29, 1.82) is 0 Å². The normalized spacial score (nSPS) is 14.8. The lowest BCUT2D eigenvalue weighted by Gasteiger charge is -2.30. The molecule has 1 aliphatic rings. The lowest BCUT2D eigenvalue weighted by molar-refractivity contribution is 0.225. The molecule has 1 saturated heterocycles. The molecule has 2 aromatic carbocycles. The van der Waals surface area contributed by atoms with Crippen molar-refractivity contribution in [2.75, 3.05) is 45.7 Å². The molecule has 1 aromatic heterocycles. The third-order valence-corrected chi connectivity index (χ3v) is 6.61. The Kier molecular flexibility index (Phi) is 7.18. The van der Waals surface area contributed by atoms with Crippen LogP contribution in [0.3, 0.4) is 0 Å². The van der Waals surface area contributed by atoms with Crippen molar-refractivity contribution in [1.82, 2.24) is 14.9 Å². The summed E-state index contributed by atoms with van der Waals surface area (Å²) in [5.41, 5.74) is 3.67. The minimum absolute atomic E-state index is 0.228. The summed E-state index contributed by atoms with van der Waals surface area (Å²) in [4.78, 5) is 14.4. The maximum atomic E-state index is 5.53. The standard InChI is InChI=1S/C28H38N4O/c1-28(2,20-31(3)4)13-11-27-29-14-12-25(30-27)22-17-21-9-10-23(33-5)19-24(21)26(18-22)32-15-7-6-8-16-32/h9-10,12,14,17-19H,6-8,11,13,15-16,20H2,1-5H3. The number of nitrogens with zero attached hydrogens (tertiary/aromatic N) is 4. The van der Waals surface area contributed by atoms with Crippen molar-refractivity contribution in [3.8, 4) is 17.0 Å². The van der Waals surface area contributed by atoms with Gasteiger partial charge < -0.3 is 14.5 Å². The Morgan fingerprint density at radius 2 is 1.82 bits per heavy atom. The Bertz CT molecular complexity index is 1090. The van der Waals surface area contributed by atoms with Crippen molar-refractivity contribution < 1.29 is 4.74 Å². The lowest BCUT2D eigenvalue weighted by atomic mass is 9.87. The number of ether oxygens (including phenoxy) is 1. The zero-order chi connectivity index (χ0) is 23.4. The number of anilines is 1. The van der Waals surface area contributed by atoms with Gasteiger partial charge in [-0.3, -0.25) is 0 Å². The highest BCUT2D eigenvalue weighted by atomic mass is 16.5. The fourth-order valence-electron chi connectivity index (χ4n) is 5.05. The van der Waals surface area contributed by atoms with Crippen molar-refractivity contribution in [3.05, 3.63) is 48.4 Å². The predicted molar refractivity (Wildman–Crippen MR) is 138 cm³/mol. The molecule has 0 saturated carbocycles. The molecule has 3 aromatic rings. The molecule has 0 unspecified atom stereocenters. The fourth-order valence-corrected chi connectivity index (χ4v) is 5.05. The maximum absolute atomic E-state index is 5.53. The van der Waals surface area contributed by atoms with Crippen LogP contribution in [0.2, 0.25) is 0 Å². The highest BCUT2D eigenvalue weighted by Gasteiger charge is 2.20. The highest BCUT2D eigenvalue weighted by Crippen LogP contribution is 2.36. The molecule has 5 heteroatoms. The summed E-state index contributed by atoms with van der Waals surface area (Å²) in [6.07, 6.45) is 7.67. The first-order valence-corrected chi connectivity index (χ1v) is 12.2. The Hall–Kier alpha value is -2.66. The van der Waals surface area contributed by atoms with Crippen LogP contribution in [-0.2, 0) is 6.42 Å². The molecular formula is C28H38N4O. The van der Waals surface area contributed by atoms with Gasteiger partial charge in [0.15, 0.2) is 0 Å². The zero-order valence-corrected chi connectivity index (χ0v) is 20.9. The molecule has 176 valence electrons. The molecular weight excluding hydrogens is 408 g/mol. The Morgan fingerprint density at radius 3 is 2.55 bits per heavy atom. The number of hydrogen-bond acceptors (Lipinski definition) is 5. The third-order valence-electron chi connectivity index (χ3n) is 6.61. The molecule has 0 atom stereocenters. The average molecular weight is 447 g/mol. The number of aryl methyl sites for hydroxylation is 1. The summed E-state index contributed by atoms with van der Waals surface area (Å²) in [6.45, 7) is 7.90. The molecule has 2 heterocycles. The molecule has 0 N–H and O–H groups in total. The van der Waals surface area contributed by atoms with Gasteiger partial charge in [0, 0.05) is 48.9 Å². The SMILES string of the molecule is COc1ccc2cc(-c3ccnc(CCC(C)(C)CN(C)C)n3)cc(N3CCCCC3)c2c1. The van der Waals surface area contributed by atoms with Gasteiger partial charge in [-0.2, -0.15) is 0 Å². The third kappa shape index (κ3) is 5.83. The van der Waals surface area contributed by atoms with E-state index in [4.69, 9.17) is 9.72 Å². The molecule has 1 fully saturated rings. The summed E-state index contributed by atoms with van der Waals surface area (Å²) in [7, 11) is 6.00. The number of hydrogen-bond donors (Lipinski definition) is 0. The molecule has 0 amide bonds. The molecule has 0 spiro atoms. The van der Waals surface area contributed by atoms with Gasteiger partial charge in [-0.15, -0.1) is 0 Å². The highest BCUT2D eigenvalue weighted by molar-refractivity contribution is 5.98. The second-order valence-electron chi connectivity index (χ2n) is 10.4. The van der Waals surface area contributed by atoms with Crippen molar-refractivity contribution in [2.24, 2.45) is 5.41 Å². The van der Waals surface area contributed by atoms with E-state index in [2.05, 4.69) is 67.0 Å². The van der Waals surface area contributed by atoms with Crippen LogP contribution in [0.1, 0.15) is 45.4 Å². The first-order valence-electron chi connectivity index (χ1n) is 12.2. The first kappa shape index (κ1) is 23.5. The quantitative estimate of drug-likeness (QED) is 0.436. The maximum Gasteiger partial charge on any atom is 0.128 e. The van der Waals surface area contributed by atoms with E-state index in [1.165, 1.54) is 35.7 Å². The van der Waals surface area contributed by atoms with Gasteiger partial charge in [-0.25, -0.2) is 9.97 Å². The van der Waals surface area contributed by atoms with Gasteiger partial charge in [-0.05, 0) is 80.9 Å². The van der Waals surface area contributed by atoms with Crippen LogP contribution in [0.4, 0.5) is 5.69 Å². The average Bonchev–Trinajstić information content (AvgIpc) is 2.82. The predicted octanol–water partition coefficient (Wildman–Crippen LogP) is 5.82. The minimum atomic E-state index is 0.228. The molecule has 33 heavy (non-hydrogen) atoms. The first-order chi connectivity index (χ1) is 15.8. The van der Waals surface area contributed by atoms with Crippen molar-refractivity contribution >= 4 is 16.5 Å². The van der Waals surface area contributed by atoms with Gasteiger partial charge in [0.2, 0.25) is 0 Å². The second kappa shape index (κ2) is 10.1. The summed E-state index contributed by atoms with van der Waals surface area (Å²) >= 11 is 0. The van der Waals surface area contributed by atoms with Gasteiger partial charge >= 0.3 is 0 Å². The van der Waals surface area contributed by atoms with Gasteiger partial charge in [0.25, 0.3) is 0 Å². The summed E-state index contributed by atoms with van der Waals surface area (Å²) in [5, 5.41) is 2.47. The van der Waals surface area contributed by atoms with E-state index in [-0.39, 0.29) is 5.41 Å².